The quantitative estimate of drug-likeness (QED) is 0.539. The molecule has 0 aromatic heterocycles. The molecule has 0 aliphatic heterocycles. The van der Waals surface area contributed by atoms with E-state index in [4.69, 9.17) is 4.74 Å². The maximum atomic E-state index is 14.1. The van der Waals surface area contributed by atoms with Crippen molar-refractivity contribution in [1.82, 2.24) is 15.5 Å². The van der Waals surface area contributed by atoms with Gasteiger partial charge in [-0.15, -0.1) is 0 Å². The summed E-state index contributed by atoms with van der Waals surface area (Å²) in [5.41, 5.74) is 0.501. The molecular weight excluding hydrogens is 304 g/mol. The molecule has 0 unspecified atom stereocenters. The average Bonchev–Trinajstić information content (AvgIpc) is 2.56. The van der Waals surface area contributed by atoms with E-state index in [2.05, 4.69) is 17.2 Å². The van der Waals surface area contributed by atoms with Crippen molar-refractivity contribution in [1.29, 1.82) is 0 Å². The van der Waals surface area contributed by atoms with Crippen LogP contribution in [-0.2, 0) is 11.3 Å². The smallest absolute Gasteiger partial charge is 0.215 e. The number of carbonyl (C=O) groups is 1. The van der Waals surface area contributed by atoms with Crippen molar-refractivity contribution < 1.29 is 18.3 Å². The van der Waals surface area contributed by atoms with Gasteiger partial charge in [0.25, 0.3) is 0 Å². The molecule has 0 bridgehead atoms. The van der Waals surface area contributed by atoms with Crippen molar-refractivity contribution in [2.24, 2.45) is 0 Å². The number of likely N-dealkylation sites (N-methyl/N-ethyl adjacent to an activating group) is 1. The number of hydrogen-bond donors (Lipinski definition) is 2. The molecule has 0 fully saturated rings. The fourth-order valence-electron chi connectivity index (χ4n) is 2.11. The van der Waals surface area contributed by atoms with E-state index in [1.54, 1.807) is 21.0 Å². The molecule has 0 saturated heterocycles. The third kappa shape index (κ3) is 4.21. The lowest BCUT2D eigenvalue weighted by atomic mass is 10.1. The van der Waals surface area contributed by atoms with Crippen LogP contribution in [0.2, 0.25) is 0 Å². The molecule has 2 N–H and O–H groups in total. The molecule has 126 valence electrons. The first-order chi connectivity index (χ1) is 11.0. The second-order valence-corrected chi connectivity index (χ2v) is 4.47. The van der Waals surface area contributed by atoms with E-state index in [1.165, 1.54) is 11.0 Å². The normalized spacial score (nSPS) is 11.3. The molecule has 7 heteroatoms. The summed E-state index contributed by atoms with van der Waals surface area (Å²) in [6.07, 6.45) is 2.03. The zero-order valence-corrected chi connectivity index (χ0v) is 13.5. The van der Waals surface area contributed by atoms with E-state index in [-0.39, 0.29) is 24.5 Å². The van der Waals surface area contributed by atoms with Gasteiger partial charge in [-0.3, -0.25) is 9.69 Å². The van der Waals surface area contributed by atoms with Crippen LogP contribution in [0.5, 0.6) is 5.75 Å². The van der Waals surface area contributed by atoms with Crippen molar-refractivity contribution in [3.8, 4) is 5.75 Å². The number of allylic oxidation sites excluding steroid dienone is 1. The number of nitrogens with zero attached hydrogens (tertiary/aromatic N) is 1. The summed E-state index contributed by atoms with van der Waals surface area (Å²) in [7, 11) is 3.27. The second-order valence-electron chi connectivity index (χ2n) is 4.47. The number of benzene rings is 1. The predicted molar refractivity (Wildman–Crippen MR) is 84.5 cm³/mol. The van der Waals surface area contributed by atoms with Gasteiger partial charge in [-0.05, 0) is 25.1 Å². The van der Waals surface area contributed by atoms with E-state index in [0.29, 0.717) is 17.9 Å². The number of amides is 1. The summed E-state index contributed by atoms with van der Waals surface area (Å²) < 4.78 is 33.2. The molecule has 0 heterocycles. The first-order valence-electron chi connectivity index (χ1n) is 7.07. The minimum Gasteiger partial charge on any atom is -0.490 e. The van der Waals surface area contributed by atoms with Crippen LogP contribution in [0.3, 0.4) is 0 Å². The van der Waals surface area contributed by atoms with E-state index < -0.39 is 11.6 Å². The molecule has 23 heavy (non-hydrogen) atoms. The van der Waals surface area contributed by atoms with Crippen LogP contribution in [0.4, 0.5) is 8.78 Å². The molecule has 1 rings (SSSR count). The number of ether oxygens (including phenoxy) is 1. The lowest BCUT2D eigenvalue weighted by molar-refractivity contribution is -0.117. The molecule has 0 radical (unpaired) electrons. The topological polar surface area (TPSA) is 53.6 Å². The number of hydrogen-bond acceptors (Lipinski definition) is 4. The van der Waals surface area contributed by atoms with Gasteiger partial charge < -0.3 is 15.4 Å². The number of rotatable bonds is 9. The van der Waals surface area contributed by atoms with Gasteiger partial charge in [0.2, 0.25) is 6.41 Å². The maximum Gasteiger partial charge on any atom is 0.215 e. The Morgan fingerprint density at radius 3 is 2.43 bits per heavy atom. The van der Waals surface area contributed by atoms with Crippen molar-refractivity contribution in [3.05, 3.63) is 53.5 Å². The van der Waals surface area contributed by atoms with Crippen LogP contribution in [0.25, 0.3) is 0 Å². The fourth-order valence-corrected chi connectivity index (χ4v) is 2.11. The Hall–Kier alpha value is -2.57. The molecular formula is C16H21F2N3O2. The zero-order chi connectivity index (χ0) is 17.4. The highest BCUT2D eigenvalue weighted by Crippen LogP contribution is 2.27. The van der Waals surface area contributed by atoms with Crippen molar-refractivity contribution >= 4 is 6.41 Å². The number of halogens is 2. The van der Waals surface area contributed by atoms with Gasteiger partial charge in [0.05, 0.1) is 24.4 Å². The van der Waals surface area contributed by atoms with Crippen LogP contribution < -0.4 is 15.4 Å². The Kier molecular flexibility index (Phi) is 7.05. The van der Waals surface area contributed by atoms with E-state index >= 15 is 0 Å². The summed E-state index contributed by atoms with van der Waals surface area (Å²) in [6.45, 7) is 5.29. The molecule has 0 saturated carbocycles. The third-order valence-electron chi connectivity index (χ3n) is 3.15. The standard InChI is InChI=1S/C16H21F2N3O2/c1-5-14(19-3)16(20-4)21(10-22)9-11-12(17)7-8-13(18)15(11)23-6-2/h5,7-8,10,19-20H,1,6,9H2,2-4H3/b16-14-. The van der Waals surface area contributed by atoms with Gasteiger partial charge in [0.15, 0.2) is 11.6 Å². The van der Waals surface area contributed by atoms with Crippen LogP contribution in [-0.4, -0.2) is 32.0 Å². The highest BCUT2D eigenvalue weighted by Gasteiger charge is 2.20. The SMILES string of the molecule is C=C/C(NC)=C(\NC)N(C=O)Cc1c(F)ccc(F)c1OCC. The molecule has 1 aromatic rings. The maximum absolute atomic E-state index is 14.1. The summed E-state index contributed by atoms with van der Waals surface area (Å²) in [5, 5.41) is 5.71. The van der Waals surface area contributed by atoms with Gasteiger partial charge in [-0.2, -0.15) is 0 Å². The molecule has 1 amide bonds. The molecule has 0 spiro atoms. The first kappa shape index (κ1) is 18.5. The summed E-state index contributed by atoms with van der Waals surface area (Å²) in [6, 6.07) is 2.00. The van der Waals surface area contributed by atoms with E-state index in [9.17, 15) is 13.6 Å². The highest BCUT2D eigenvalue weighted by molar-refractivity contribution is 5.53. The third-order valence-corrected chi connectivity index (χ3v) is 3.15. The monoisotopic (exact) mass is 325 g/mol. The Morgan fingerprint density at radius 2 is 1.96 bits per heavy atom. The van der Waals surface area contributed by atoms with Crippen LogP contribution in [0.1, 0.15) is 12.5 Å². The van der Waals surface area contributed by atoms with Gasteiger partial charge in [-0.25, -0.2) is 8.78 Å². The fraction of sp³-hybridized carbons (Fsp3) is 0.312. The van der Waals surface area contributed by atoms with Crippen molar-refractivity contribution in [2.45, 2.75) is 13.5 Å². The lowest BCUT2D eigenvalue weighted by Crippen LogP contribution is -2.32. The van der Waals surface area contributed by atoms with Gasteiger partial charge >= 0.3 is 0 Å². The predicted octanol–water partition coefficient (Wildman–Crippen LogP) is 2.12. The zero-order valence-electron chi connectivity index (χ0n) is 13.5. The van der Waals surface area contributed by atoms with Crippen LogP contribution in [0, 0.1) is 11.6 Å². The summed E-state index contributed by atoms with van der Waals surface area (Å²) >= 11 is 0. The van der Waals surface area contributed by atoms with Gasteiger partial charge in [0.1, 0.15) is 11.6 Å². The Morgan fingerprint density at radius 1 is 1.30 bits per heavy atom. The van der Waals surface area contributed by atoms with Gasteiger partial charge in [0, 0.05) is 14.1 Å². The van der Waals surface area contributed by atoms with Crippen LogP contribution in [0.15, 0.2) is 36.3 Å². The lowest BCUT2D eigenvalue weighted by Gasteiger charge is -2.24. The summed E-state index contributed by atoms with van der Waals surface area (Å²) in [4.78, 5) is 12.6. The highest BCUT2D eigenvalue weighted by atomic mass is 19.1. The first-order valence-corrected chi connectivity index (χ1v) is 7.07. The van der Waals surface area contributed by atoms with E-state index in [0.717, 1.165) is 12.1 Å². The molecule has 0 atom stereocenters. The van der Waals surface area contributed by atoms with Crippen LogP contribution >= 0.6 is 0 Å². The molecule has 5 nitrogen and oxygen atoms in total. The van der Waals surface area contributed by atoms with Crippen molar-refractivity contribution in [2.75, 3.05) is 20.7 Å². The number of nitrogens with one attached hydrogen (secondary N) is 2. The van der Waals surface area contributed by atoms with Crippen molar-refractivity contribution in [3.63, 3.8) is 0 Å². The largest absolute Gasteiger partial charge is 0.490 e. The minimum absolute atomic E-state index is 0.0359. The molecule has 0 aliphatic rings. The second kappa shape index (κ2) is 8.77. The molecule has 0 aliphatic carbocycles. The number of carbonyl (C=O) groups excluding carboxylic acids is 1. The minimum atomic E-state index is -0.679. The van der Waals surface area contributed by atoms with E-state index in [1.807, 2.05) is 0 Å². The summed E-state index contributed by atoms with van der Waals surface area (Å²) in [5.74, 6) is -1.15. The Labute approximate surface area is 134 Å². The Balaban J connectivity index is 3.32. The molecule has 1 aromatic carbocycles. The Bertz CT molecular complexity index is 603. The van der Waals surface area contributed by atoms with Gasteiger partial charge in [-0.1, -0.05) is 6.58 Å². The average molecular weight is 325 g/mol.